The average molecular weight is 569 g/mol. The van der Waals surface area contributed by atoms with Crippen LogP contribution in [-0.2, 0) is 4.74 Å². The van der Waals surface area contributed by atoms with Gasteiger partial charge in [-0.1, -0.05) is 37.3 Å². The first-order chi connectivity index (χ1) is 15.7. The largest absolute Gasteiger partial charge is 0.497 e. The summed E-state index contributed by atoms with van der Waals surface area (Å²) in [7, 11) is 5.21. The van der Waals surface area contributed by atoms with E-state index in [1.807, 2.05) is 30.3 Å². The van der Waals surface area contributed by atoms with Crippen molar-refractivity contribution in [2.24, 2.45) is 4.99 Å². The Kier molecular flexibility index (Phi) is 11.8. The van der Waals surface area contributed by atoms with Crippen LogP contribution in [0, 0.1) is 0 Å². The van der Waals surface area contributed by atoms with Crippen molar-refractivity contribution in [1.82, 2.24) is 15.5 Å². The normalized spacial score (nSPS) is 16.3. The fourth-order valence-corrected chi connectivity index (χ4v) is 4.02. The van der Waals surface area contributed by atoms with E-state index in [0.29, 0.717) is 0 Å². The zero-order valence-electron chi connectivity index (χ0n) is 20.0. The van der Waals surface area contributed by atoms with Crippen LogP contribution in [0.1, 0.15) is 30.0 Å². The van der Waals surface area contributed by atoms with Gasteiger partial charge in [0.05, 0.1) is 33.5 Å². The predicted octanol–water partition coefficient (Wildman–Crippen LogP) is 3.66. The molecule has 182 valence electrons. The topological polar surface area (TPSA) is 67.4 Å². The minimum Gasteiger partial charge on any atom is -0.497 e. The van der Waals surface area contributed by atoms with Gasteiger partial charge in [0.2, 0.25) is 0 Å². The van der Waals surface area contributed by atoms with Gasteiger partial charge in [0, 0.05) is 39.1 Å². The molecule has 0 aliphatic carbocycles. The monoisotopic (exact) mass is 568 g/mol. The number of para-hydroxylation sites is 1. The number of morpholine rings is 1. The Bertz CT molecular complexity index is 857. The van der Waals surface area contributed by atoms with Gasteiger partial charge >= 0.3 is 0 Å². The van der Waals surface area contributed by atoms with Gasteiger partial charge in [-0.05, 0) is 29.3 Å². The number of aliphatic imine (C=N–C) groups is 1. The van der Waals surface area contributed by atoms with Crippen LogP contribution in [0.4, 0.5) is 0 Å². The smallest absolute Gasteiger partial charge is 0.191 e. The van der Waals surface area contributed by atoms with Crippen molar-refractivity contribution in [2.75, 3.05) is 60.7 Å². The maximum absolute atomic E-state index is 5.57. The molecule has 0 amide bonds. The van der Waals surface area contributed by atoms with E-state index in [1.54, 1.807) is 21.3 Å². The van der Waals surface area contributed by atoms with Crippen LogP contribution in [0.25, 0.3) is 0 Å². The Morgan fingerprint density at radius 1 is 1.00 bits per heavy atom. The van der Waals surface area contributed by atoms with Crippen LogP contribution < -0.4 is 20.1 Å². The lowest BCUT2D eigenvalue weighted by atomic mass is 10.0. The molecule has 3 rings (SSSR count). The minimum atomic E-state index is 0. The van der Waals surface area contributed by atoms with Crippen molar-refractivity contribution in [3.63, 3.8) is 0 Å². The highest BCUT2D eigenvalue weighted by molar-refractivity contribution is 14.0. The molecule has 2 unspecified atom stereocenters. The van der Waals surface area contributed by atoms with Gasteiger partial charge in [-0.15, -0.1) is 24.0 Å². The molecule has 1 heterocycles. The third-order valence-corrected chi connectivity index (χ3v) is 5.92. The average Bonchev–Trinajstić information content (AvgIpc) is 2.86. The highest BCUT2D eigenvalue weighted by atomic mass is 127. The quantitative estimate of drug-likeness (QED) is 0.274. The molecule has 2 aromatic rings. The number of halogens is 1. The maximum Gasteiger partial charge on any atom is 0.191 e. The van der Waals surface area contributed by atoms with E-state index in [2.05, 4.69) is 45.6 Å². The number of hydrogen-bond acceptors (Lipinski definition) is 5. The molecule has 2 atom stereocenters. The highest BCUT2D eigenvalue weighted by Gasteiger charge is 2.23. The summed E-state index contributed by atoms with van der Waals surface area (Å²) in [6.45, 7) is 7.03. The standard InChI is InChI=1S/C25H36N4O3.HI/c1-19(22-7-5-6-8-24(22)31-4)17-27-25(26-2)28-18-23(29-13-15-32-16-14-29)20-9-11-21(30-3)12-10-20;/h5-12,19,23H,13-18H2,1-4H3,(H2,26,27,28);1H. The second-order valence-corrected chi connectivity index (χ2v) is 7.91. The number of guanidine groups is 1. The number of rotatable bonds is 9. The fraction of sp³-hybridized carbons (Fsp3) is 0.480. The summed E-state index contributed by atoms with van der Waals surface area (Å²) in [5.41, 5.74) is 2.43. The molecular weight excluding hydrogens is 531 g/mol. The summed E-state index contributed by atoms with van der Waals surface area (Å²) in [5.74, 6) is 2.85. The fourth-order valence-electron chi connectivity index (χ4n) is 4.02. The SMILES string of the molecule is CN=C(NCC(C)c1ccccc1OC)NCC(c1ccc(OC)cc1)N1CCOCC1.I. The molecule has 0 bridgehead atoms. The van der Waals surface area contributed by atoms with Crippen molar-refractivity contribution in [3.8, 4) is 11.5 Å². The zero-order chi connectivity index (χ0) is 22.8. The van der Waals surface area contributed by atoms with E-state index in [9.17, 15) is 0 Å². The van der Waals surface area contributed by atoms with E-state index in [1.165, 1.54) is 11.1 Å². The lowest BCUT2D eigenvalue weighted by Crippen LogP contribution is -2.46. The van der Waals surface area contributed by atoms with Crippen LogP contribution >= 0.6 is 24.0 Å². The number of methoxy groups -OCH3 is 2. The van der Waals surface area contributed by atoms with Gasteiger partial charge in [-0.3, -0.25) is 9.89 Å². The number of nitrogens with zero attached hydrogens (tertiary/aromatic N) is 2. The van der Waals surface area contributed by atoms with Crippen LogP contribution in [0.5, 0.6) is 11.5 Å². The van der Waals surface area contributed by atoms with Crippen LogP contribution in [0.2, 0.25) is 0 Å². The first kappa shape index (κ1) is 27.2. The van der Waals surface area contributed by atoms with Gasteiger partial charge in [-0.25, -0.2) is 0 Å². The van der Waals surface area contributed by atoms with Crippen molar-refractivity contribution in [2.45, 2.75) is 18.9 Å². The zero-order valence-corrected chi connectivity index (χ0v) is 22.4. The Morgan fingerprint density at radius 2 is 1.67 bits per heavy atom. The number of benzene rings is 2. The molecule has 1 saturated heterocycles. The van der Waals surface area contributed by atoms with Crippen molar-refractivity contribution < 1.29 is 14.2 Å². The van der Waals surface area contributed by atoms with E-state index in [-0.39, 0.29) is 35.9 Å². The molecule has 8 heteroatoms. The molecule has 2 N–H and O–H groups in total. The molecule has 0 spiro atoms. The summed E-state index contributed by atoms with van der Waals surface area (Å²) in [6, 6.07) is 16.7. The second-order valence-electron chi connectivity index (χ2n) is 7.91. The summed E-state index contributed by atoms with van der Waals surface area (Å²) in [4.78, 5) is 6.90. The van der Waals surface area contributed by atoms with Crippen molar-refractivity contribution >= 4 is 29.9 Å². The van der Waals surface area contributed by atoms with E-state index in [0.717, 1.165) is 56.9 Å². The molecule has 7 nitrogen and oxygen atoms in total. The second kappa shape index (κ2) is 14.3. The molecule has 1 fully saturated rings. The first-order valence-corrected chi connectivity index (χ1v) is 11.2. The molecule has 0 radical (unpaired) electrons. The molecule has 1 aliphatic heterocycles. The molecule has 0 aromatic heterocycles. The number of hydrogen-bond donors (Lipinski definition) is 2. The lowest BCUT2D eigenvalue weighted by Gasteiger charge is -2.35. The Labute approximate surface area is 214 Å². The summed E-state index contributed by atoms with van der Waals surface area (Å²) < 4.78 is 16.4. The molecule has 1 aliphatic rings. The van der Waals surface area contributed by atoms with Gasteiger partial charge in [0.15, 0.2) is 5.96 Å². The summed E-state index contributed by atoms with van der Waals surface area (Å²) in [5, 5.41) is 6.99. The van der Waals surface area contributed by atoms with Gasteiger partial charge in [0.25, 0.3) is 0 Å². The lowest BCUT2D eigenvalue weighted by molar-refractivity contribution is 0.0170. The van der Waals surface area contributed by atoms with E-state index in [4.69, 9.17) is 14.2 Å². The maximum atomic E-state index is 5.57. The van der Waals surface area contributed by atoms with Gasteiger partial charge in [0.1, 0.15) is 11.5 Å². The number of nitrogens with one attached hydrogen (secondary N) is 2. The predicted molar refractivity (Wildman–Crippen MR) is 144 cm³/mol. The third kappa shape index (κ3) is 7.75. The third-order valence-electron chi connectivity index (χ3n) is 5.92. The molecular formula is C25H37IN4O3. The molecule has 2 aromatic carbocycles. The Hall–Kier alpha value is -2.04. The van der Waals surface area contributed by atoms with Gasteiger partial charge < -0.3 is 24.8 Å². The first-order valence-electron chi connectivity index (χ1n) is 11.2. The van der Waals surface area contributed by atoms with Crippen molar-refractivity contribution in [1.29, 1.82) is 0 Å². The Morgan fingerprint density at radius 3 is 2.30 bits per heavy atom. The van der Waals surface area contributed by atoms with Crippen LogP contribution in [0.3, 0.4) is 0 Å². The van der Waals surface area contributed by atoms with Gasteiger partial charge in [-0.2, -0.15) is 0 Å². The van der Waals surface area contributed by atoms with Crippen molar-refractivity contribution in [3.05, 3.63) is 59.7 Å². The number of ether oxygens (including phenoxy) is 3. The summed E-state index contributed by atoms with van der Waals surface area (Å²) in [6.07, 6.45) is 0. The van der Waals surface area contributed by atoms with Crippen LogP contribution in [0.15, 0.2) is 53.5 Å². The molecule has 33 heavy (non-hydrogen) atoms. The Balaban J connectivity index is 0.00000385. The van der Waals surface area contributed by atoms with E-state index >= 15 is 0 Å². The summed E-state index contributed by atoms with van der Waals surface area (Å²) >= 11 is 0. The minimum absolute atomic E-state index is 0. The van der Waals surface area contributed by atoms with Crippen LogP contribution in [-0.4, -0.2) is 71.5 Å². The van der Waals surface area contributed by atoms with E-state index < -0.39 is 0 Å². The molecule has 0 saturated carbocycles. The highest BCUT2D eigenvalue weighted by Crippen LogP contribution is 2.26.